The highest BCUT2D eigenvalue weighted by Gasteiger charge is 2.11. The Morgan fingerprint density at radius 2 is 2.14 bits per heavy atom. The third kappa shape index (κ3) is 5.18. The third-order valence-corrected chi connectivity index (χ3v) is 4.30. The first kappa shape index (κ1) is 17.1. The first-order chi connectivity index (χ1) is 10.7. The maximum absolute atomic E-state index is 5.62. The minimum atomic E-state index is 0.499. The summed E-state index contributed by atoms with van der Waals surface area (Å²) in [6.07, 6.45) is 2.27. The van der Waals surface area contributed by atoms with Crippen molar-refractivity contribution in [1.82, 2.24) is 10.2 Å². The van der Waals surface area contributed by atoms with Gasteiger partial charge in [0.15, 0.2) is 0 Å². The smallest absolute Gasteiger partial charge is 0.142 e. The van der Waals surface area contributed by atoms with Crippen LogP contribution in [-0.4, -0.2) is 50.3 Å². The molecular formula is C18H31N3O. The summed E-state index contributed by atoms with van der Waals surface area (Å²) in [7, 11) is 0. The molecule has 4 heteroatoms. The van der Waals surface area contributed by atoms with E-state index in [0.29, 0.717) is 6.04 Å². The summed E-state index contributed by atoms with van der Waals surface area (Å²) < 4.78 is 5.62. The molecular weight excluding hydrogens is 274 g/mol. The van der Waals surface area contributed by atoms with Crippen molar-refractivity contribution in [2.45, 2.75) is 39.7 Å². The molecule has 2 rings (SSSR count). The van der Waals surface area contributed by atoms with Crippen LogP contribution in [0.1, 0.15) is 32.8 Å². The number of ether oxygens (including phenoxy) is 1. The maximum atomic E-state index is 5.62. The number of nitrogens with one attached hydrogen (secondary N) is 2. The molecule has 1 unspecified atom stereocenters. The maximum Gasteiger partial charge on any atom is 0.142 e. The molecule has 1 atom stereocenters. The van der Waals surface area contributed by atoms with Gasteiger partial charge in [-0.3, -0.25) is 0 Å². The lowest BCUT2D eigenvalue weighted by Gasteiger charge is -2.21. The van der Waals surface area contributed by atoms with Gasteiger partial charge in [-0.1, -0.05) is 19.9 Å². The van der Waals surface area contributed by atoms with Gasteiger partial charge in [0.1, 0.15) is 12.4 Å². The second-order valence-corrected chi connectivity index (χ2v) is 6.05. The molecule has 1 heterocycles. The molecule has 124 valence electrons. The highest BCUT2D eigenvalue weighted by Crippen LogP contribution is 2.28. The van der Waals surface area contributed by atoms with Gasteiger partial charge in [0.05, 0.1) is 5.69 Å². The van der Waals surface area contributed by atoms with E-state index in [1.807, 2.05) is 0 Å². The zero-order chi connectivity index (χ0) is 15.8. The van der Waals surface area contributed by atoms with Gasteiger partial charge in [0.25, 0.3) is 0 Å². The first-order valence-electron chi connectivity index (χ1n) is 8.68. The number of anilines is 1. The van der Waals surface area contributed by atoms with Crippen molar-refractivity contribution >= 4 is 5.69 Å². The van der Waals surface area contributed by atoms with Crippen LogP contribution in [0.5, 0.6) is 5.75 Å². The van der Waals surface area contributed by atoms with Crippen LogP contribution in [0.15, 0.2) is 18.2 Å². The monoisotopic (exact) mass is 305 g/mol. The number of rotatable bonds is 9. The fourth-order valence-corrected chi connectivity index (χ4v) is 2.93. The van der Waals surface area contributed by atoms with E-state index in [1.165, 1.54) is 18.5 Å². The van der Waals surface area contributed by atoms with Gasteiger partial charge in [-0.2, -0.15) is 0 Å². The normalized spacial score (nSPS) is 15.1. The molecule has 1 aliphatic rings. The van der Waals surface area contributed by atoms with Crippen LogP contribution in [-0.2, 0) is 6.42 Å². The molecule has 2 N–H and O–H groups in total. The zero-order valence-corrected chi connectivity index (χ0v) is 14.3. The van der Waals surface area contributed by atoms with Crippen LogP contribution in [0.4, 0.5) is 5.69 Å². The molecule has 0 fully saturated rings. The molecule has 0 saturated carbocycles. The van der Waals surface area contributed by atoms with Crippen molar-refractivity contribution in [3.8, 4) is 5.75 Å². The molecule has 1 aliphatic heterocycles. The lowest BCUT2D eigenvalue weighted by atomic mass is 10.1. The highest BCUT2D eigenvalue weighted by molar-refractivity contribution is 5.59. The summed E-state index contributed by atoms with van der Waals surface area (Å²) >= 11 is 0. The topological polar surface area (TPSA) is 36.5 Å². The predicted molar refractivity (Wildman–Crippen MR) is 94.0 cm³/mol. The zero-order valence-electron chi connectivity index (χ0n) is 14.3. The molecule has 0 aromatic heterocycles. The minimum absolute atomic E-state index is 0.499. The van der Waals surface area contributed by atoms with Crippen LogP contribution in [0.25, 0.3) is 0 Å². The van der Waals surface area contributed by atoms with Gasteiger partial charge in [-0.15, -0.1) is 0 Å². The molecule has 0 amide bonds. The van der Waals surface area contributed by atoms with E-state index < -0.39 is 0 Å². The predicted octanol–water partition coefficient (Wildman–Crippen LogP) is 2.74. The van der Waals surface area contributed by atoms with Crippen molar-refractivity contribution in [3.05, 3.63) is 23.8 Å². The molecule has 0 radical (unpaired) electrons. The molecule has 0 saturated heterocycles. The van der Waals surface area contributed by atoms with E-state index in [4.69, 9.17) is 4.74 Å². The summed E-state index contributed by atoms with van der Waals surface area (Å²) in [6, 6.07) is 6.99. The average molecular weight is 305 g/mol. The molecule has 22 heavy (non-hydrogen) atoms. The Bertz CT molecular complexity index is 446. The summed E-state index contributed by atoms with van der Waals surface area (Å²) in [6.45, 7) is 13.0. The Balaban J connectivity index is 1.71. The highest BCUT2D eigenvalue weighted by atomic mass is 16.5. The molecule has 4 nitrogen and oxygen atoms in total. The first-order valence-corrected chi connectivity index (χ1v) is 8.68. The lowest BCUT2D eigenvalue weighted by molar-refractivity contribution is 0.296. The third-order valence-electron chi connectivity index (χ3n) is 4.30. The quantitative estimate of drug-likeness (QED) is 0.688. The average Bonchev–Trinajstić information content (AvgIpc) is 2.55. The Hall–Kier alpha value is -1.26. The Morgan fingerprint density at radius 1 is 1.32 bits per heavy atom. The van der Waals surface area contributed by atoms with E-state index >= 15 is 0 Å². The summed E-state index contributed by atoms with van der Waals surface area (Å²) in [4.78, 5) is 2.47. The van der Waals surface area contributed by atoms with Gasteiger partial charge in [-0.25, -0.2) is 0 Å². The van der Waals surface area contributed by atoms with Crippen LogP contribution in [0.2, 0.25) is 0 Å². The van der Waals surface area contributed by atoms with Crippen LogP contribution in [0.3, 0.4) is 0 Å². The van der Waals surface area contributed by atoms with Crippen molar-refractivity contribution < 1.29 is 4.74 Å². The number of benzene rings is 1. The van der Waals surface area contributed by atoms with Crippen molar-refractivity contribution in [2.75, 3.05) is 44.6 Å². The summed E-state index contributed by atoms with van der Waals surface area (Å²) in [5, 5.41) is 7.04. The van der Waals surface area contributed by atoms with E-state index in [9.17, 15) is 0 Å². The van der Waals surface area contributed by atoms with Gasteiger partial charge in [0.2, 0.25) is 0 Å². The largest absolute Gasteiger partial charge is 0.490 e. The molecule has 1 aromatic rings. The van der Waals surface area contributed by atoms with Crippen LogP contribution < -0.4 is 15.4 Å². The second-order valence-electron chi connectivity index (χ2n) is 6.05. The molecule has 0 aliphatic carbocycles. The molecule has 0 spiro atoms. The van der Waals surface area contributed by atoms with Gasteiger partial charge in [0, 0.05) is 12.6 Å². The standard InChI is InChI=1S/C18H31N3O/c1-4-21(5-2)11-6-9-19-15(3)13-16-7-8-18-17(14-16)20-10-12-22-18/h7-8,14-15,19-20H,4-6,9-13H2,1-3H3. The van der Waals surface area contributed by atoms with Crippen molar-refractivity contribution in [1.29, 1.82) is 0 Å². The van der Waals surface area contributed by atoms with Gasteiger partial charge >= 0.3 is 0 Å². The van der Waals surface area contributed by atoms with E-state index in [1.54, 1.807) is 0 Å². The fourth-order valence-electron chi connectivity index (χ4n) is 2.93. The Morgan fingerprint density at radius 3 is 2.91 bits per heavy atom. The van der Waals surface area contributed by atoms with Crippen molar-refractivity contribution in [3.63, 3.8) is 0 Å². The fraction of sp³-hybridized carbons (Fsp3) is 0.667. The molecule has 0 bridgehead atoms. The number of hydrogen-bond donors (Lipinski definition) is 2. The van der Waals surface area contributed by atoms with Crippen LogP contribution >= 0.6 is 0 Å². The second kappa shape index (κ2) is 9.01. The number of hydrogen-bond acceptors (Lipinski definition) is 4. The van der Waals surface area contributed by atoms with Gasteiger partial charge in [-0.05, 0) is 63.6 Å². The number of fused-ring (bicyclic) bond motifs is 1. The van der Waals surface area contributed by atoms with Crippen LogP contribution in [0, 0.1) is 0 Å². The summed E-state index contributed by atoms with van der Waals surface area (Å²) in [5.41, 5.74) is 2.50. The number of nitrogens with zero attached hydrogens (tertiary/aromatic N) is 1. The molecule has 1 aromatic carbocycles. The lowest BCUT2D eigenvalue weighted by Crippen LogP contribution is -2.32. The van der Waals surface area contributed by atoms with E-state index in [-0.39, 0.29) is 0 Å². The Kier molecular flexibility index (Phi) is 7.00. The van der Waals surface area contributed by atoms with Crippen molar-refractivity contribution in [2.24, 2.45) is 0 Å². The Labute approximate surface area is 135 Å². The van der Waals surface area contributed by atoms with E-state index in [0.717, 1.165) is 50.6 Å². The van der Waals surface area contributed by atoms with E-state index in [2.05, 4.69) is 54.5 Å². The minimum Gasteiger partial charge on any atom is -0.490 e. The van der Waals surface area contributed by atoms with Gasteiger partial charge < -0.3 is 20.3 Å². The SMILES string of the molecule is CCN(CC)CCCNC(C)Cc1ccc2c(c1)NCCO2. The summed E-state index contributed by atoms with van der Waals surface area (Å²) in [5.74, 6) is 0.981.